The lowest BCUT2D eigenvalue weighted by atomic mass is 9.83. The van der Waals surface area contributed by atoms with Gasteiger partial charge in [-0.05, 0) is 37.0 Å². The molecule has 1 aromatic rings. The van der Waals surface area contributed by atoms with Gasteiger partial charge in [-0.1, -0.05) is 13.8 Å². The minimum atomic E-state index is -0.140. The Balaban J connectivity index is 2.35. The van der Waals surface area contributed by atoms with Crippen molar-refractivity contribution in [3.8, 4) is 5.75 Å². The Labute approximate surface area is 113 Å². The zero-order chi connectivity index (χ0) is 14.0. The van der Waals surface area contributed by atoms with Gasteiger partial charge in [-0.15, -0.1) is 0 Å². The summed E-state index contributed by atoms with van der Waals surface area (Å²) in [5.41, 5.74) is 2.31. The summed E-state index contributed by atoms with van der Waals surface area (Å²) >= 11 is 0. The van der Waals surface area contributed by atoms with Crippen molar-refractivity contribution in [2.24, 2.45) is 0 Å². The number of ketones is 1. The van der Waals surface area contributed by atoms with Gasteiger partial charge in [-0.3, -0.25) is 4.79 Å². The first-order chi connectivity index (χ1) is 9.04. The van der Waals surface area contributed by atoms with Crippen LogP contribution in [0.25, 0.3) is 0 Å². The maximum Gasteiger partial charge on any atom is 0.180 e. The first-order valence-corrected chi connectivity index (χ1v) is 6.79. The summed E-state index contributed by atoms with van der Waals surface area (Å²) in [6.07, 6.45) is 1.89. The van der Waals surface area contributed by atoms with Gasteiger partial charge in [0.15, 0.2) is 5.78 Å². The highest BCUT2D eigenvalue weighted by Gasteiger charge is 2.29. The van der Waals surface area contributed by atoms with Gasteiger partial charge in [-0.2, -0.15) is 0 Å². The van der Waals surface area contributed by atoms with Crippen LogP contribution in [0.5, 0.6) is 5.75 Å². The molecule has 2 rings (SSSR count). The van der Waals surface area contributed by atoms with Crippen molar-refractivity contribution in [1.82, 2.24) is 5.32 Å². The SMILES string of the molecule is CC(C)NC1CCc2c(ccc(O)c2CCO)C1=O. The molecule has 4 nitrogen and oxygen atoms in total. The van der Waals surface area contributed by atoms with E-state index in [9.17, 15) is 9.90 Å². The van der Waals surface area contributed by atoms with E-state index in [1.54, 1.807) is 12.1 Å². The molecule has 0 heterocycles. The van der Waals surface area contributed by atoms with E-state index in [2.05, 4.69) is 5.32 Å². The van der Waals surface area contributed by atoms with E-state index < -0.39 is 0 Å². The first kappa shape index (κ1) is 14.0. The summed E-state index contributed by atoms with van der Waals surface area (Å²) in [5, 5.41) is 22.2. The standard InChI is InChI=1S/C15H21NO3/c1-9(2)16-13-5-3-10-11(7-8-17)14(18)6-4-12(10)15(13)19/h4,6,9,13,16-18H,3,5,7-8H2,1-2H3. The molecule has 0 aromatic heterocycles. The van der Waals surface area contributed by atoms with Gasteiger partial charge in [-0.25, -0.2) is 0 Å². The minimum Gasteiger partial charge on any atom is -0.508 e. The van der Waals surface area contributed by atoms with E-state index >= 15 is 0 Å². The molecule has 0 aliphatic heterocycles. The number of hydrogen-bond acceptors (Lipinski definition) is 4. The zero-order valence-corrected chi connectivity index (χ0v) is 11.4. The molecule has 0 bridgehead atoms. The van der Waals surface area contributed by atoms with Gasteiger partial charge < -0.3 is 15.5 Å². The number of aromatic hydroxyl groups is 1. The number of benzene rings is 1. The van der Waals surface area contributed by atoms with Crippen molar-refractivity contribution < 1.29 is 15.0 Å². The molecule has 0 radical (unpaired) electrons. The van der Waals surface area contributed by atoms with Crippen molar-refractivity contribution in [1.29, 1.82) is 0 Å². The summed E-state index contributed by atoms with van der Waals surface area (Å²) in [4.78, 5) is 12.4. The molecule has 0 saturated heterocycles. The van der Waals surface area contributed by atoms with Crippen molar-refractivity contribution in [3.05, 3.63) is 28.8 Å². The number of Topliss-reactive ketones (excluding diaryl/α,β-unsaturated/α-hetero) is 1. The Kier molecular flexibility index (Phi) is 4.22. The molecule has 104 valence electrons. The molecular weight excluding hydrogens is 242 g/mol. The lowest BCUT2D eigenvalue weighted by Crippen LogP contribution is -2.43. The van der Waals surface area contributed by atoms with Gasteiger partial charge in [0.05, 0.1) is 6.04 Å². The van der Waals surface area contributed by atoms with E-state index in [4.69, 9.17) is 5.11 Å². The molecule has 0 saturated carbocycles. The van der Waals surface area contributed by atoms with E-state index in [0.717, 1.165) is 24.0 Å². The second kappa shape index (κ2) is 5.72. The van der Waals surface area contributed by atoms with Crippen molar-refractivity contribution in [3.63, 3.8) is 0 Å². The van der Waals surface area contributed by atoms with Crippen LogP contribution in [0.15, 0.2) is 12.1 Å². The van der Waals surface area contributed by atoms with Gasteiger partial charge in [0.1, 0.15) is 5.75 Å². The highest BCUT2D eigenvalue weighted by molar-refractivity contribution is 6.03. The zero-order valence-electron chi connectivity index (χ0n) is 11.4. The molecule has 1 aliphatic carbocycles. The van der Waals surface area contributed by atoms with E-state index in [-0.39, 0.29) is 30.2 Å². The highest BCUT2D eigenvalue weighted by atomic mass is 16.3. The number of aliphatic hydroxyl groups is 1. The molecule has 4 heteroatoms. The van der Waals surface area contributed by atoms with E-state index in [1.807, 2.05) is 13.8 Å². The third-order valence-electron chi connectivity index (χ3n) is 3.57. The molecule has 3 N–H and O–H groups in total. The first-order valence-electron chi connectivity index (χ1n) is 6.79. The molecule has 19 heavy (non-hydrogen) atoms. The third-order valence-corrected chi connectivity index (χ3v) is 3.57. The Morgan fingerprint density at radius 2 is 2.16 bits per heavy atom. The fourth-order valence-electron chi connectivity index (χ4n) is 2.76. The average Bonchev–Trinajstić information content (AvgIpc) is 2.36. The molecule has 1 atom stereocenters. The van der Waals surface area contributed by atoms with Crippen LogP contribution >= 0.6 is 0 Å². The Morgan fingerprint density at radius 1 is 1.42 bits per heavy atom. The lowest BCUT2D eigenvalue weighted by molar-refractivity contribution is 0.0922. The second-order valence-electron chi connectivity index (χ2n) is 5.34. The summed E-state index contributed by atoms with van der Waals surface area (Å²) in [6.45, 7) is 4.03. The number of phenolic OH excluding ortho intramolecular Hbond substituents is 1. The number of carbonyl (C=O) groups is 1. The van der Waals surface area contributed by atoms with Crippen LogP contribution in [0.2, 0.25) is 0 Å². The number of aliphatic hydroxyl groups excluding tert-OH is 1. The normalized spacial score (nSPS) is 18.7. The van der Waals surface area contributed by atoms with Crippen LogP contribution in [0, 0.1) is 0 Å². The van der Waals surface area contributed by atoms with E-state index in [1.165, 1.54) is 0 Å². The van der Waals surface area contributed by atoms with Gasteiger partial charge in [0.25, 0.3) is 0 Å². The molecular formula is C15H21NO3. The van der Waals surface area contributed by atoms with Gasteiger partial charge in [0.2, 0.25) is 0 Å². The fraction of sp³-hybridized carbons (Fsp3) is 0.533. The van der Waals surface area contributed by atoms with Crippen LogP contribution in [0.4, 0.5) is 0 Å². The molecule has 1 aliphatic rings. The van der Waals surface area contributed by atoms with Crippen LogP contribution in [0.3, 0.4) is 0 Å². The largest absolute Gasteiger partial charge is 0.508 e. The van der Waals surface area contributed by atoms with Crippen molar-refractivity contribution in [2.75, 3.05) is 6.61 Å². The van der Waals surface area contributed by atoms with Gasteiger partial charge >= 0.3 is 0 Å². The summed E-state index contributed by atoms with van der Waals surface area (Å²) in [5.74, 6) is 0.269. The van der Waals surface area contributed by atoms with E-state index in [0.29, 0.717) is 12.0 Å². The number of fused-ring (bicyclic) bond motifs is 1. The quantitative estimate of drug-likeness (QED) is 0.768. The summed E-state index contributed by atoms with van der Waals surface area (Å²) in [7, 11) is 0. The number of phenols is 1. The van der Waals surface area contributed by atoms with Crippen LogP contribution in [-0.4, -0.2) is 34.7 Å². The number of rotatable bonds is 4. The molecule has 1 unspecified atom stereocenters. The van der Waals surface area contributed by atoms with Crippen LogP contribution in [0.1, 0.15) is 41.8 Å². The lowest BCUT2D eigenvalue weighted by Gasteiger charge is -2.27. The molecule has 0 amide bonds. The van der Waals surface area contributed by atoms with Crippen molar-refractivity contribution in [2.45, 2.75) is 45.2 Å². The average molecular weight is 263 g/mol. The number of nitrogens with one attached hydrogen (secondary N) is 1. The maximum atomic E-state index is 12.4. The Bertz CT molecular complexity index is 483. The van der Waals surface area contributed by atoms with Crippen LogP contribution in [-0.2, 0) is 12.8 Å². The minimum absolute atomic E-state index is 0.0219. The third kappa shape index (κ3) is 2.80. The monoisotopic (exact) mass is 263 g/mol. The highest BCUT2D eigenvalue weighted by Crippen LogP contribution is 2.31. The van der Waals surface area contributed by atoms with Gasteiger partial charge in [0, 0.05) is 23.8 Å². The summed E-state index contributed by atoms with van der Waals surface area (Å²) < 4.78 is 0. The Hall–Kier alpha value is -1.39. The molecule has 0 spiro atoms. The number of hydrogen-bond donors (Lipinski definition) is 3. The smallest absolute Gasteiger partial charge is 0.180 e. The molecule has 0 fully saturated rings. The summed E-state index contributed by atoms with van der Waals surface area (Å²) in [6, 6.07) is 3.38. The number of carbonyl (C=O) groups excluding carboxylic acids is 1. The fourth-order valence-corrected chi connectivity index (χ4v) is 2.76. The molecule has 1 aromatic carbocycles. The van der Waals surface area contributed by atoms with Crippen molar-refractivity contribution >= 4 is 5.78 Å². The predicted octanol–water partition coefficient (Wildman–Crippen LogP) is 1.42. The predicted molar refractivity (Wildman–Crippen MR) is 73.6 cm³/mol. The second-order valence-corrected chi connectivity index (χ2v) is 5.34. The maximum absolute atomic E-state index is 12.4. The topological polar surface area (TPSA) is 69.6 Å². The van der Waals surface area contributed by atoms with Crippen LogP contribution < -0.4 is 5.32 Å². The Morgan fingerprint density at radius 3 is 2.79 bits per heavy atom.